The van der Waals surface area contributed by atoms with Crippen molar-refractivity contribution in [2.75, 3.05) is 39.8 Å². The van der Waals surface area contributed by atoms with E-state index in [1.54, 1.807) is 0 Å². The topological polar surface area (TPSA) is 48.7 Å². The molecule has 1 unspecified atom stereocenters. The van der Waals surface area contributed by atoms with Crippen LogP contribution in [0.15, 0.2) is 46.1 Å². The second-order valence-corrected chi connectivity index (χ2v) is 7.91. The first kappa shape index (κ1) is 23.2. The molecule has 1 N–H and O–H groups in total. The molecule has 1 fully saturated rings. The summed E-state index contributed by atoms with van der Waals surface area (Å²) in [7, 11) is 3.81. The van der Waals surface area contributed by atoms with E-state index in [0.717, 1.165) is 49.6 Å². The molecule has 0 spiro atoms. The van der Waals surface area contributed by atoms with Crippen LogP contribution in [-0.4, -0.2) is 65.3 Å². The summed E-state index contributed by atoms with van der Waals surface area (Å²) < 4.78 is 2.97. The number of aromatic nitrogens is 2. The van der Waals surface area contributed by atoms with E-state index in [1.165, 1.54) is 11.1 Å². The first-order chi connectivity index (χ1) is 13.1. The van der Waals surface area contributed by atoms with Crippen molar-refractivity contribution < 1.29 is 0 Å². The van der Waals surface area contributed by atoms with Crippen molar-refractivity contribution in [2.45, 2.75) is 19.4 Å². The van der Waals surface area contributed by atoms with Crippen LogP contribution in [0.25, 0.3) is 0 Å². The van der Waals surface area contributed by atoms with Crippen molar-refractivity contribution in [1.29, 1.82) is 0 Å². The molecule has 0 saturated carbocycles. The largest absolute Gasteiger partial charge is 0.356 e. The number of piperazine rings is 1. The maximum absolute atomic E-state index is 4.47. The molecule has 1 aromatic heterocycles. The van der Waals surface area contributed by atoms with Crippen molar-refractivity contribution in [3.63, 3.8) is 0 Å². The molecular formula is C20H30BrIN6. The van der Waals surface area contributed by atoms with Gasteiger partial charge in [-0.15, -0.1) is 24.0 Å². The summed E-state index contributed by atoms with van der Waals surface area (Å²) in [5, 5.41) is 7.71. The number of aryl methyl sites for hydroxylation is 1. The predicted molar refractivity (Wildman–Crippen MR) is 129 cm³/mol. The summed E-state index contributed by atoms with van der Waals surface area (Å²) in [6, 6.07) is 9.09. The van der Waals surface area contributed by atoms with Gasteiger partial charge in [-0.1, -0.05) is 28.1 Å². The van der Waals surface area contributed by atoms with Gasteiger partial charge in [-0.3, -0.25) is 14.6 Å². The highest BCUT2D eigenvalue weighted by Gasteiger charge is 2.23. The van der Waals surface area contributed by atoms with Gasteiger partial charge < -0.3 is 10.2 Å². The number of rotatable bonds is 5. The van der Waals surface area contributed by atoms with Gasteiger partial charge in [0.25, 0.3) is 0 Å². The van der Waals surface area contributed by atoms with Crippen LogP contribution in [0.3, 0.4) is 0 Å². The Morgan fingerprint density at radius 2 is 1.89 bits per heavy atom. The smallest absolute Gasteiger partial charge is 0.193 e. The molecule has 2 heterocycles. The first-order valence-corrected chi connectivity index (χ1v) is 10.3. The minimum Gasteiger partial charge on any atom is -0.356 e. The van der Waals surface area contributed by atoms with Gasteiger partial charge in [0.2, 0.25) is 0 Å². The van der Waals surface area contributed by atoms with Crippen LogP contribution < -0.4 is 5.32 Å². The van der Waals surface area contributed by atoms with Gasteiger partial charge >= 0.3 is 0 Å². The molecule has 0 bridgehead atoms. The molecule has 1 aliphatic rings. The lowest BCUT2D eigenvalue weighted by Gasteiger charge is -2.39. The van der Waals surface area contributed by atoms with E-state index in [0.29, 0.717) is 6.04 Å². The van der Waals surface area contributed by atoms with E-state index in [2.05, 4.69) is 78.5 Å². The van der Waals surface area contributed by atoms with Crippen LogP contribution in [0.4, 0.5) is 0 Å². The fourth-order valence-corrected chi connectivity index (χ4v) is 3.79. The Hall–Kier alpha value is -1.13. The molecule has 0 amide bonds. The van der Waals surface area contributed by atoms with Crippen molar-refractivity contribution in [1.82, 2.24) is 24.9 Å². The Morgan fingerprint density at radius 1 is 1.21 bits per heavy atom. The third kappa shape index (κ3) is 6.18. The van der Waals surface area contributed by atoms with Crippen molar-refractivity contribution in [3.05, 3.63) is 52.3 Å². The Labute approximate surface area is 193 Å². The molecule has 1 aromatic carbocycles. The Kier molecular flexibility index (Phi) is 9.23. The van der Waals surface area contributed by atoms with Crippen LogP contribution >= 0.6 is 39.9 Å². The second-order valence-electron chi connectivity index (χ2n) is 7.00. The van der Waals surface area contributed by atoms with Gasteiger partial charge in [-0.2, -0.15) is 5.10 Å². The second kappa shape index (κ2) is 11.2. The van der Waals surface area contributed by atoms with Crippen molar-refractivity contribution in [3.8, 4) is 0 Å². The summed E-state index contributed by atoms with van der Waals surface area (Å²) in [4.78, 5) is 9.37. The molecule has 154 valence electrons. The molecule has 6 nitrogen and oxygen atoms in total. The average Bonchev–Trinajstić information content (AvgIpc) is 3.11. The van der Waals surface area contributed by atoms with Crippen LogP contribution in [0.5, 0.6) is 0 Å². The molecular weight excluding hydrogens is 531 g/mol. The highest BCUT2D eigenvalue weighted by molar-refractivity contribution is 14.0. The van der Waals surface area contributed by atoms with Crippen molar-refractivity contribution >= 4 is 45.9 Å². The standard InChI is InChI=1S/C20H29BrN6.HI/c1-16(18-4-6-19(21)7-5-18)26-10-12-27(13-11-26)20(22-2)23-9-8-17-14-24-25(3)15-17;/h4-7,14-16H,8-13H2,1-3H3,(H,22,23);1H. The maximum atomic E-state index is 4.47. The first-order valence-electron chi connectivity index (χ1n) is 9.49. The Bertz CT molecular complexity index is 752. The van der Waals surface area contributed by atoms with E-state index in [-0.39, 0.29) is 24.0 Å². The van der Waals surface area contributed by atoms with Crippen LogP contribution in [0, 0.1) is 0 Å². The maximum Gasteiger partial charge on any atom is 0.193 e. The van der Waals surface area contributed by atoms with Gasteiger partial charge in [0.1, 0.15) is 0 Å². The van der Waals surface area contributed by atoms with E-state index < -0.39 is 0 Å². The zero-order valence-electron chi connectivity index (χ0n) is 16.8. The highest BCUT2D eigenvalue weighted by atomic mass is 127. The van der Waals surface area contributed by atoms with E-state index in [1.807, 2.05) is 25.0 Å². The zero-order chi connectivity index (χ0) is 19.2. The van der Waals surface area contributed by atoms with Crippen molar-refractivity contribution in [2.24, 2.45) is 12.0 Å². The minimum atomic E-state index is 0. The predicted octanol–water partition coefficient (Wildman–Crippen LogP) is 3.30. The molecule has 0 radical (unpaired) electrons. The Balaban J connectivity index is 0.00000280. The SMILES string of the molecule is CN=C(NCCc1cnn(C)c1)N1CCN(C(C)c2ccc(Br)cc2)CC1.I. The molecule has 28 heavy (non-hydrogen) atoms. The molecule has 1 atom stereocenters. The summed E-state index contributed by atoms with van der Waals surface area (Å²) in [6.07, 6.45) is 4.94. The number of aliphatic imine (C=N–C) groups is 1. The van der Waals surface area contributed by atoms with E-state index in [4.69, 9.17) is 0 Å². The summed E-state index contributed by atoms with van der Waals surface area (Å²) in [5.74, 6) is 0.995. The summed E-state index contributed by atoms with van der Waals surface area (Å²) >= 11 is 3.51. The van der Waals surface area contributed by atoms with Gasteiger partial charge in [0, 0.05) is 63.5 Å². The zero-order valence-corrected chi connectivity index (χ0v) is 20.7. The van der Waals surface area contributed by atoms with Crippen LogP contribution in [0.2, 0.25) is 0 Å². The number of hydrogen-bond acceptors (Lipinski definition) is 3. The average molecular weight is 561 g/mol. The monoisotopic (exact) mass is 560 g/mol. The number of guanidine groups is 1. The lowest BCUT2D eigenvalue weighted by Crippen LogP contribution is -2.53. The lowest BCUT2D eigenvalue weighted by molar-refractivity contribution is 0.138. The van der Waals surface area contributed by atoms with E-state index in [9.17, 15) is 0 Å². The molecule has 2 aromatic rings. The number of nitrogens with one attached hydrogen (secondary N) is 1. The van der Waals surface area contributed by atoms with Gasteiger partial charge in [0.05, 0.1) is 6.20 Å². The normalized spacial score (nSPS) is 16.6. The number of benzene rings is 1. The van der Waals surface area contributed by atoms with E-state index >= 15 is 0 Å². The lowest BCUT2D eigenvalue weighted by atomic mass is 10.1. The van der Waals surface area contributed by atoms with Gasteiger partial charge in [0.15, 0.2) is 5.96 Å². The molecule has 1 saturated heterocycles. The third-order valence-corrected chi connectivity index (χ3v) is 5.71. The summed E-state index contributed by atoms with van der Waals surface area (Å²) in [5.41, 5.74) is 2.61. The van der Waals surface area contributed by atoms with Gasteiger partial charge in [-0.05, 0) is 36.6 Å². The fourth-order valence-electron chi connectivity index (χ4n) is 3.53. The van der Waals surface area contributed by atoms with Gasteiger partial charge in [-0.25, -0.2) is 0 Å². The van der Waals surface area contributed by atoms with Crippen LogP contribution in [0.1, 0.15) is 24.1 Å². The fraction of sp³-hybridized carbons (Fsp3) is 0.500. The highest BCUT2D eigenvalue weighted by Crippen LogP contribution is 2.23. The number of hydrogen-bond donors (Lipinski definition) is 1. The number of nitrogens with zero attached hydrogens (tertiary/aromatic N) is 5. The van der Waals surface area contributed by atoms with Crippen LogP contribution in [-0.2, 0) is 13.5 Å². The molecule has 3 rings (SSSR count). The number of halogens is 2. The molecule has 1 aliphatic heterocycles. The minimum absolute atomic E-state index is 0. The molecule has 8 heteroatoms. The molecule has 0 aliphatic carbocycles. The summed E-state index contributed by atoms with van der Waals surface area (Å²) in [6.45, 7) is 7.23. The quantitative estimate of drug-likeness (QED) is 0.346. The third-order valence-electron chi connectivity index (χ3n) is 5.18. The Morgan fingerprint density at radius 3 is 2.46 bits per heavy atom.